The number of fused-ring (bicyclic) bond motifs is 2. The van der Waals surface area contributed by atoms with E-state index in [2.05, 4.69) is 28.8 Å². The number of hydrogen-bond donors (Lipinski definition) is 2. The Morgan fingerprint density at radius 2 is 2.00 bits per heavy atom. The van der Waals surface area contributed by atoms with Crippen LogP contribution in [0.5, 0.6) is 0 Å². The maximum absolute atomic E-state index is 12.6. The van der Waals surface area contributed by atoms with Crippen LogP contribution < -0.4 is 10.6 Å². The third-order valence-corrected chi connectivity index (χ3v) is 9.28. The minimum Gasteiger partial charge on any atom is -0.343 e. The van der Waals surface area contributed by atoms with Gasteiger partial charge < -0.3 is 15.5 Å². The van der Waals surface area contributed by atoms with E-state index in [1.807, 2.05) is 22.7 Å². The van der Waals surface area contributed by atoms with Gasteiger partial charge in [0.15, 0.2) is 0 Å². The van der Waals surface area contributed by atoms with E-state index in [1.54, 1.807) is 11.3 Å². The molecule has 1 aromatic heterocycles. The molecule has 3 saturated heterocycles. The summed E-state index contributed by atoms with van der Waals surface area (Å²) in [6.07, 6.45) is 5.72. The number of rotatable bonds is 6. The van der Waals surface area contributed by atoms with Crippen molar-refractivity contribution in [2.75, 3.05) is 18.8 Å². The molecule has 0 aliphatic carbocycles. The molecular weight excluding hydrogens is 416 g/mol. The Hall–Kier alpha value is -1.80. The molecule has 0 radical (unpaired) electrons. The molecule has 8 heteroatoms. The van der Waals surface area contributed by atoms with Crippen molar-refractivity contribution in [3.05, 3.63) is 29.3 Å². The highest BCUT2D eigenvalue weighted by Crippen LogP contribution is 2.35. The predicted octanol–water partition coefficient (Wildman–Crippen LogP) is 3.73. The Morgan fingerprint density at radius 3 is 2.83 bits per heavy atom. The van der Waals surface area contributed by atoms with Gasteiger partial charge in [-0.15, -0.1) is 11.3 Å². The molecule has 5 rings (SSSR count). The van der Waals surface area contributed by atoms with E-state index in [0.717, 1.165) is 56.5 Å². The first-order valence-corrected chi connectivity index (χ1v) is 12.9. The van der Waals surface area contributed by atoms with Crippen molar-refractivity contribution in [2.45, 2.75) is 61.8 Å². The zero-order chi connectivity index (χ0) is 20.5. The summed E-state index contributed by atoms with van der Waals surface area (Å²) in [5.41, 5.74) is 1.09. The lowest BCUT2D eigenvalue weighted by atomic mass is 9.97. The number of likely N-dealkylation sites (tertiary alicyclic amines) is 1. The van der Waals surface area contributed by atoms with Crippen molar-refractivity contribution >= 4 is 45.3 Å². The van der Waals surface area contributed by atoms with Gasteiger partial charge in [-0.1, -0.05) is 18.6 Å². The van der Waals surface area contributed by atoms with Crippen LogP contribution >= 0.6 is 23.1 Å². The monoisotopic (exact) mass is 444 g/mol. The van der Waals surface area contributed by atoms with Gasteiger partial charge in [0.25, 0.3) is 0 Å². The van der Waals surface area contributed by atoms with E-state index >= 15 is 0 Å². The number of carbonyl (C=O) groups excluding carboxylic acids is 2. The van der Waals surface area contributed by atoms with E-state index in [0.29, 0.717) is 23.5 Å². The quantitative estimate of drug-likeness (QED) is 0.526. The lowest BCUT2D eigenvalue weighted by Gasteiger charge is -2.31. The van der Waals surface area contributed by atoms with Gasteiger partial charge >= 0.3 is 6.03 Å². The van der Waals surface area contributed by atoms with Gasteiger partial charge in [0.1, 0.15) is 0 Å². The van der Waals surface area contributed by atoms with Gasteiger partial charge in [-0.05, 0) is 37.8 Å². The number of aromatic nitrogens is 1. The molecule has 3 aliphatic heterocycles. The third-order valence-electron chi connectivity index (χ3n) is 6.57. The average molecular weight is 445 g/mol. The van der Waals surface area contributed by atoms with Gasteiger partial charge in [0.2, 0.25) is 5.91 Å². The van der Waals surface area contributed by atoms with Gasteiger partial charge in [-0.3, -0.25) is 4.79 Å². The number of unbranched alkanes of at least 4 members (excludes halogenated alkanes) is 1. The summed E-state index contributed by atoms with van der Waals surface area (Å²) in [5, 5.41) is 7.73. The largest absolute Gasteiger partial charge is 0.343 e. The van der Waals surface area contributed by atoms with Gasteiger partial charge in [-0.25, -0.2) is 9.78 Å². The average Bonchev–Trinajstić information content (AvgIpc) is 3.45. The number of thiazole rings is 1. The first kappa shape index (κ1) is 20.1. The number of carbonyl (C=O) groups is 2. The van der Waals surface area contributed by atoms with Crippen LogP contribution in [-0.2, 0) is 4.79 Å². The zero-order valence-corrected chi connectivity index (χ0v) is 18.6. The van der Waals surface area contributed by atoms with Crippen LogP contribution in [0.4, 0.5) is 4.79 Å². The second-order valence-corrected chi connectivity index (χ2v) is 10.9. The number of hydrogen-bond acceptors (Lipinski definition) is 5. The van der Waals surface area contributed by atoms with E-state index in [9.17, 15) is 9.59 Å². The van der Waals surface area contributed by atoms with Crippen LogP contribution in [0.1, 0.15) is 49.5 Å². The molecule has 1 aromatic carbocycles. The smallest absolute Gasteiger partial charge is 0.315 e. The number of thioether (sulfide) groups is 1. The lowest BCUT2D eigenvalue weighted by molar-refractivity contribution is -0.132. The first-order valence-electron chi connectivity index (χ1n) is 11.0. The fourth-order valence-corrected chi connectivity index (χ4v) is 7.54. The molecule has 3 atom stereocenters. The molecule has 0 spiro atoms. The Morgan fingerprint density at radius 1 is 1.17 bits per heavy atom. The van der Waals surface area contributed by atoms with Crippen molar-refractivity contribution < 1.29 is 9.59 Å². The van der Waals surface area contributed by atoms with Crippen molar-refractivity contribution in [3.63, 3.8) is 0 Å². The number of amides is 3. The van der Waals surface area contributed by atoms with E-state index < -0.39 is 0 Å². The molecule has 3 amide bonds. The maximum Gasteiger partial charge on any atom is 0.315 e. The van der Waals surface area contributed by atoms with Crippen LogP contribution in [0.15, 0.2) is 24.3 Å². The molecule has 30 heavy (non-hydrogen) atoms. The Labute approximate surface area is 185 Å². The van der Waals surface area contributed by atoms with Crippen molar-refractivity contribution in [2.24, 2.45) is 0 Å². The molecule has 160 valence electrons. The first-order chi connectivity index (χ1) is 14.7. The number of nitrogens with one attached hydrogen (secondary N) is 2. The summed E-state index contributed by atoms with van der Waals surface area (Å²) in [6, 6.07) is 8.84. The van der Waals surface area contributed by atoms with Gasteiger partial charge in [0.05, 0.1) is 27.3 Å². The number of piperidine rings is 1. The highest BCUT2D eigenvalue weighted by molar-refractivity contribution is 8.00. The lowest BCUT2D eigenvalue weighted by Crippen LogP contribution is -2.38. The Balaban J connectivity index is 1.04. The summed E-state index contributed by atoms with van der Waals surface area (Å²) in [6.45, 7) is 1.69. The molecule has 6 nitrogen and oxygen atoms in total. The number of urea groups is 1. The van der Waals surface area contributed by atoms with Crippen LogP contribution in [0.2, 0.25) is 0 Å². The molecule has 2 aromatic rings. The van der Waals surface area contributed by atoms with Gasteiger partial charge in [-0.2, -0.15) is 11.8 Å². The van der Waals surface area contributed by atoms with Crippen LogP contribution in [0.3, 0.4) is 0 Å². The third kappa shape index (κ3) is 4.17. The molecule has 0 bridgehead atoms. The molecule has 2 N–H and O–H groups in total. The van der Waals surface area contributed by atoms with E-state index in [1.165, 1.54) is 9.71 Å². The summed E-state index contributed by atoms with van der Waals surface area (Å²) in [4.78, 5) is 31.0. The zero-order valence-electron chi connectivity index (χ0n) is 17.0. The highest BCUT2D eigenvalue weighted by atomic mass is 32.2. The number of benzene rings is 1. The molecule has 0 saturated carbocycles. The SMILES string of the molecule is O=C1N[C@H]2[C@@H](CS[C@@H]2CCCCC(=O)N2CCC(c3nc4ccccc4s3)CC2)N1. The minimum atomic E-state index is -0.0280. The van der Waals surface area contributed by atoms with Crippen molar-refractivity contribution in [1.82, 2.24) is 20.5 Å². The van der Waals surface area contributed by atoms with E-state index in [-0.39, 0.29) is 18.1 Å². The van der Waals surface area contributed by atoms with E-state index in [4.69, 9.17) is 4.98 Å². The second-order valence-electron chi connectivity index (χ2n) is 8.54. The normalized spacial score (nSPS) is 26.6. The fourth-order valence-electron chi connectivity index (χ4n) is 4.86. The standard InChI is InChI=1S/C22H28N4O2S2/c27-19(8-4-3-7-18-20-16(13-29-18)24-22(28)25-20)26-11-9-14(10-12-26)21-23-15-5-1-2-6-17(15)30-21/h1-2,5-6,14,16,18,20H,3-4,7-13H2,(H2,24,25,28)/t16-,18-,20+/m1/s1. The predicted molar refractivity (Wildman–Crippen MR) is 122 cm³/mol. The van der Waals surface area contributed by atoms with Crippen LogP contribution in [-0.4, -0.2) is 58.0 Å². The Bertz CT molecular complexity index is 892. The number of para-hydroxylation sites is 1. The molecule has 4 heterocycles. The topological polar surface area (TPSA) is 74.3 Å². The molecule has 3 aliphatic rings. The number of nitrogens with zero attached hydrogens (tertiary/aromatic N) is 2. The van der Waals surface area contributed by atoms with Crippen LogP contribution in [0, 0.1) is 0 Å². The summed E-state index contributed by atoms with van der Waals surface area (Å²) < 4.78 is 1.26. The van der Waals surface area contributed by atoms with Crippen LogP contribution in [0.25, 0.3) is 10.2 Å². The summed E-state index contributed by atoms with van der Waals surface area (Å²) >= 11 is 3.75. The fraction of sp³-hybridized carbons (Fsp3) is 0.591. The molecule has 0 unspecified atom stereocenters. The highest BCUT2D eigenvalue weighted by Gasteiger charge is 2.42. The Kier molecular flexibility index (Phi) is 5.87. The minimum absolute atomic E-state index is 0.0280. The second kappa shape index (κ2) is 8.75. The summed E-state index contributed by atoms with van der Waals surface area (Å²) in [5.74, 6) is 1.77. The maximum atomic E-state index is 12.6. The van der Waals surface area contributed by atoms with Gasteiger partial charge in [0, 0.05) is 36.4 Å². The van der Waals surface area contributed by atoms with Crippen molar-refractivity contribution in [1.29, 1.82) is 0 Å². The molecule has 3 fully saturated rings. The molecular formula is C22H28N4O2S2. The van der Waals surface area contributed by atoms with Crippen molar-refractivity contribution in [3.8, 4) is 0 Å². The summed E-state index contributed by atoms with van der Waals surface area (Å²) in [7, 11) is 0.